The second kappa shape index (κ2) is 9.99. The average molecular weight is 441 g/mol. The number of aromatic nitrogens is 2. The largest absolute Gasteiger partial charge is 0.411 e. The van der Waals surface area contributed by atoms with E-state index in [0.717, 1.165) is 24.1 Å². The normalized spacial score (nSPS) is 11.8. The molecule has 0 atom stereocenters. The van der Waals surface area contributed by atoms with Crippen molar-refractivity contribution in [3.8, 4) is 0 Å². The summed E-state index contributed by atoms with van der Waals surface area (Å²) >= 11 is 1.15. The number of halogens is 1. The first kappa shape index (κ1) is 22.3. The van der Waals surface area contributed by atoms with Crippen LogP contribution >= 0.6 is 11.8 Å². The maximum atomic E-state index is 13.5. The molecule has 2 aromatic rings. The number of carbonyl (C=O) groups is 1. The van der Waals surface area contributed by atoms with Gasteiger partial charge in [-0.15, -0.1) is 0 Å². The third kappa shape index (κ3) is 6.84. The van der Waals surface area contributed by atoms with Crippen LogP contribution in [-0.4, -0.2) is 59.9 Å². The van der Waals surface area contributed by atoms with Crippen molar-refractivity contribution in [1.82, 2.24) is 15.6 Å². The van der Waals surface area contributed by atoms with Gasteiger partial charge in [0.05, 0.1) is 6.57 Å². The first-order chi connectivity index (χ1) is 13.7. The predicted molar refractivity (Wildman–Crippen MR) is 102 cm³/mol. The van der Waals surface area contributed by atoms with Gasteiger partial charge in [-0.3, -0.25) is 4.79 Å². The standard InChI is InChI=1S/C16H16FN5O5S2/c1-18-12-7-10(3-4-11(12)17)8-13(20-24)15-16(22-27-21-15)28-6-5-19-14(23)9-29(2,25)26/h3-4,7,24H,5-6,8-9H2,2H3,(H,19,23). The lowest BCUT2D eigenvalue weighted by atomic mass is 10.1. The lowest BCUT2D eigenvalue weighted by Crippen LogP contribution is -2.31. The minimum Gasteiger partial charge on any atom is -0.411 e. The van der Waals surface area contributed by atoms with E-state index in [1.54, 1.807) is 0 Å². The van der Waals surface area contributed by atoms with Crippen molar-refractivity contribution < 1.29 is 27.4 Å². The highest BCUT2D eigenvalue weighted by Gasteiger charge is 2.19. The van der Waals surface area contributed by atoms with Crippen LogP contribution in [0.3, 0.4) is 0 Å². The summed E-state index contributed by atoms with van der Waals surface area (Å²) in [5, 5.41) is 22.7. The Morgan fingerprint density at radius 3 is 2.86 bits per heavy atom. The molecule has 13 heteroatoms. The molecule has 0 fully saturated rings. The number of sulfone groups is 1. The summed E-state index contributed by atoms with van der Waals surface area (Å²) in [6, 6.07) is 3.94. The Labute approximate surface area is 169 Å². The van der Waals surface area contributed by atoms with Gasteiger partial charge < -0.3 is 10.5 Å². The van der Waals surface area contributed by atoms with E-state index < -0.39 is 27.3 Å². The minimum absolute atomic E-state index is 0.0478. The monoisotopic (exact) mass is 441 g/mol. The van der Waals surface area contributed by atoms with Crippen LogP contribution in [-0.2, 0) is 21.1 Å². The van der Waals surface area contributed by atoms with Gasteiger partial charge in [0.2, 0.25) is 11.6 Å². The molecular formula is C16H16FN5O5S2. The Morgan fingerprint density at radius 2 is 2.21 bits per heavy atom. The van der Waals surface area contributed by atoms with Gasteiger partial charge in [-0.2, -0.15) is 0 Å². The van der Waals surface area contributed by atoms with E-state index in [9.17, 15) is 22.8 Å². The highest BCUT2D eigenvalue weighted by atomic mass is 32.2. The first-order valence-electron chi connectivity index (χ1n) is 8.00. The van der Waals surface area contributed by atoms with Crippen LogP contribution in [0.5, 0.6) is 0 Å². The van der Waals surface area contributed by atoms with Gasteiger partial charge in [0.1, 0.15) is 17.3 Å². The third-order valence-corrected chi connectivity index (χ3v) is 5.15. The van der Waals surface area contributed by atoms with Crippen LogP contribution in [0.25, 0.3) is 4.85 Å². The maximum Gasteiger partial charge on any atom is 0.235 e. The van der Waals surface area contributed by atoms with Gasteiger partial charge in [0.25, 0.3) is 0 Å². The Balaban J connectivity index is 1.99. The summed E-state index contributed by atoms with van der Waals surface area (Å²) in [6.45, 7) is 7.13. The summed E-state index contributed by atoms with van der Waals surface area (Å²) in [6.07, 6.45) is 1.01. The number of rotatable bonds is 9. The van der Waals surface area contributed by atoms with Crippen molar-refractivity contribution in [3.63, 3.8) is 0 Å². The van der Waals surface area contributed by atoms with Crippen molar-refractivity contribution in [2.75, 3.05) is 24.3 Å². The second-order valence-electron chi connectivity index (χ2n) is 5.81. The minimum atomic E-state index is -3.40. The molecular weight excluding hydrogens is 425 g/mol. The van der Waals surface area contributed by atoms with Gasteiger partial charge in [-0.05, 0) is 22.4 Å². The number of hydrogen-bond donors (Lipinski definition) is 2. The van der Waals surface area contributed by atoms with Crippen LogP contribution in [0.4, 0.5) is 10.1 Å². The highest BCUT2D eigenvalue weighted by Crippen LogP contribution is 2.23. The molecule has 0 bridgehead atoms. The number of carbonyl (C=O) groups excluding carboxylic acids is 1. The molecule has 0 saturated carbocycles. The predicted octanol–water partition coefficient (Wildman–Crippen LogP) is 1.43. The van der Waals surface area contributed by atoms with Crippen LogP contribution in [0, 0.1) is 12.4 Å². The van der Waals surface area contributed by atoms with E-state index in [2.05, 4.69) is 30.3 Å². The number of amides is 1. The molecule has 0 aliphatic carbocycles. The van der Waals surface area contributed by atoms with Crippen LogP contribution in [0.1, 0.15) is 11.3 Å². The average Bonchev–Trinajstić information content (AvgIpc) is 3.11. The zero-order valence-electron chi connectivity index (χ0n) is 15.1. The van der Waals surface area contributed by atoms with Gasteiger partial charge in [0.15, 0.2) is 20.6 Å². The van der Waals surface area contributed by atoms with Gasteiger partial charge >= 0.3 is 0 Å². The molecule has 0 aliphatic heterocycles. The van der Waals surface area contributed by atoms with E-state index in [1.807, 2.05) is 0 Å². The van der Waals surface area contributed by atoms with E-state index >= 15 is 0 Å². The molecule has 0 unspecified atom stereocenters. The first-order valence-corrected chi connectivity index (χ1v) is 11.0. The van der Waals surface area contributed by atoms with Crippen molar-refractivity contribution in [1.29, 1.82) is 0 Å². The topological polar surface area (TPSA) is 139 Å². The quantitative estimate of drug-likeness (QED) is 0.149. The van der Waals surface area contributed by atoms with Crippen molar-refractivity contribution >= 4 is 38.9 Å². The van der Waals surface area contributed by atoms with Crippen LogP contribution in [0.15, 0.2) is 33.0 Å². The van der Waals surface area contributed by atoms with E-state index in [1.165, 1.54) is 12.1 Å². The number of nitrogens with zero attached hydrogens (tertiary/aromatic N) is 4. The Hall–Kier alpha value is -2.98. The maximum absolute atomic E-state index is 13.5. The number of oxime groups is 1. The zero-order valence-corrected chi connectivity index (χ0v) is 16.8. The molecule has 0 aliphatic rings. The highest BCUT2D eigenvalue weighted by molar-refractivity contribution is 7.99. The number of thioether (sulfide) groups is 1. The van der Waals surface area contributed by atoms with Gasteiger partial charge in [-0.1, -0.05) is 28.5 Å². The molecule has 29 heavy (non-hydrogen) atoms. The molecule has 1 heterocycles. The Kier molecular flexibility index (Phi) is 7.68. The molecule has 0 spiro atoms. The van der Waals surface area contributed by atoms with Gasteiger partial charge in [0, 0.05) is 25.0 Å². The lowest BCUT2D eigenvalue weighted by molar-refractivity contribution is -0.118. The molecule has 1 aromatic heterocycles. The summed E-state index contributed by atoms with van der Waals surface area (Å²) in [5.74, 6) is -1.53. The molecule has 0 radical (unpaired) electrons. The van der Waals surface area contributed by atoms with Gasteiger partial charge in [-0.25, -0.2) is 22.3 Å². The number of hydrogen-bond acceptors (Lipinski definition) is 9. The summed E-state index contributed by atoms with van der Waals surface area (Å²) in [4.78, 5) is 14.6. The molecule has 0 saturated heterocycles. The Bertz CT molecular complexity index is 1060. The van der Waals surface area contributed by atoms with E-state index in [4.69, 9.17) is 6.57 Å². The second-order valence-corrected chi connectivity index (χ2v) is 9.03. The molecule has 154 valence electrons. The molecule has 1 aromatic carbocycles. The van der Waals surface area contributed by atoms with Crippen molar-refractivity contribution in [2.24, 2.45) is 5.16 Å². The lowest BCUT2D eigenvalue weighted by Gasteiger charge is -2.05. The van der Waals surface area contributed by atoms with E-state index in [-0.39, 0.29) is 30.1 Å². The van der Waals surface area contributed by atoms with Crippen molar-refractivity contribution in [3.05, 3.63) is 46.7 Å². The SMILES string of the molecule is [C-]#[N+]c1cc(CC(=NO)c2nonc2SCCNC(=O)CS(C)(=O)=O)ccc1F. The smallest absolute Gasteiger partial charge is 0.235 e. The summed E-state index contributed by atoms with van der Waals surface area (Å²) in [5.41, 5.74) is 0.626. The summed E-state index contributed by atoms with van der Waals surface area (Å²) in [7, 11) is -3.40. The fourth-order valence-corrected chi connectivity index (χ4v) is 3.55. The fourth-order valence-electron chi connectivity index (χ4n) is 2.19. The molecule has 2 rings (SSSR count). The van der Waals surface area contributed by atoms with Crippen molar-refractivity contribution in [2.45, 2.75) is 11.4 Å². The van der Waals surface area contributed by atoms with E-state index in [0.29, 0.717) is 16.3 Å². The Morgan fingerprint density at radius 1 is 1.45 bits per heavy atom. The zero-order chi connectivity index (χ0) is 21.4. The third-order valence-electron chi connectivity index (χ3n) is 3.41. The number of nitrogens with one attached hydrogen (secondary N) is 1. The number of benzene rings is 1. The van der Waals surface area contributed by atoms with Crippen LogP contribution < -0.4 is 5.32 Å². The molecule has 2 N–H and O–H groups in total. The summed E-state index contributed by atoms with van der Waals surface area (Å²) < 4.78 is 40.2. The van der Waals surface area contributed by atoms with Crippen LogP contribution in [0.2, 0.25) is 0 Å². The molecule has 10 nitrogen and oxygen atoms in total. The fraction of sp³-hybridized carbons (Fsp3) is 0.312. The molecule has 1 amide bonds.